The Kier molecular flexibility index (Phi) is 2.06. The largest absolute Gasteiger partial charge is 0.310 e. The zero-order chi connectivity index (χ0) is 10.4. The van der Waals surface area contributed by atoms with E-state index in [0.717, 1.165) is 13.0 Å². The molecule has 2 unspecified atom stereocenters. The molecule has 0 aromatic heterocycles. The average molecular weight is 205 g/mol. The molecular formula is C13H16FN. The Labute approximate surface area is 89.7 Å². The second kappa shape index (κ2) is 3.31. The lowest BCUT2D eigenvalue weighted by molar-refractivity contribution is 0.497. The minimum atomic E-state index is -0.0609. The number of nitrogens with one attached hydrogen (secondary N) is 1. The van der Waals surface area contributed by atoms with Crippen LogP contribution in [0.5, 0.6) is 0 Å². The normalized spacial score (nSPS) is 27.1. The molecule has 0 saturated carbocycles. The fourth-order valence-corrected chi connectivity index (χ4v) is 3.25. The van der Waals surface area contributed by atoms with Gasteiger partial charge in [-0.05, 0) is 60.5 Å². The Balaban J connectivity index is 2.08. The lowest BCUT2D eigenvalue weighted by Crippen LogP contribution is -2.19. The first-order valence-electron chi connectivity index (χ1n) is 5.85. The second-order valence-corrected chi connectivity index (χ2v) is 4.65. The van der Waals surface area contributed by atoms with Crippen molar-refractivity contribution in [2.45, 2.75) is 38.1 Å². The summed E-state index contributed by atoms with van der Waals surface area (Å²) in [5.74, 6) is 0.633. The van der Waals surface area contributed by atoms with Crippen LogP contribution in [0, 0.1) is 5.82 Å². The van der Waals surface area contributed by atoms with E-state index in [9.17, 15) is 4.39 Å². The summed E-state index contributed by atoms with van der Waals surface area (Å²) in [6, 6.07) is 3.86. The average Bonchev–Trinajstić information content (AvgIpc) is 2.73. The fraction of sp³-hybridized carbons (Fsp3) is 0.538. The first-order valence-corrected chi connectivity index (χ1v) is 5.85. The van der Waals surface area contributed by atoms with E-state index < -0.39 is 0 Å². The van der Waals surface area contributed by atoms with Crippen molar-refractivity contribution < 1.29 is 4.39 Å². The van der Waals surface area contributed by atoms with Gasteiger partial charge in [0.05, 0.1) is 0 Å². The lowest BCUT2D eigenvalue weighted by atomic mass is 10.0. The van der Waals surface area contributed by atoms with Crippen LogP contribution in [0.15, 0.2) is 12.1 Å². The third-order valence-corrected chi connectivity index (χ3v) is 3.78. The summed E-state index contributed by atoms with van der Waals surface area (Å²) in [6.07, 6.45) is 3.46. The molecule has 1 aromatic rings. The molecule has 2 atom stereocenters. The van der Waals surface area contributed by atoms with E-state index in [4.69, 9.17) is 0 Å². The van der Waals surface area contributed by atoms with E-state index >= 15 is 0 Å². The number of benzene rings is 1. The number of aryl methyl sites for hydroxylation is 1. The maximum atomic E-state index is 13.4. The first kappa shape index (κ1) is 9.34. The quantitative estimate of drug-likeness (QED) is 0.782. The van der Waals surface area contributed by atoms with Crippen molar-refractivity contribution >= 4 is 0 Å². The Hall–Kier alpha value is -0.890. The van der Waals surface area contributed by atoms with Gasteiger partial charge >= 0.3 is 0 Å². The van der Waals surface area contributed by atoms with Gasteiger partial charge in [-0.2, -0.15) is 0 Å². The summed E-state index contributed by atoms with van der Waals surface area (Å²) >= 11 is 0. The Morgan fingerprint density at radius 2 is 2.33 bits per heavy atom. The van der Waals surface area contributed by atoms with E-state index in [1.54, 1.807) is 12.1 Å². The van der Waals surface area contributed by atoms with Gasteiger partial charge in [0.15, 0.2) is 0 Å². The van der Waals surface area contributed by atoms with Crippen molar-refractivity contribution in [3.8, 4) is 0 Å². The van der Waals surface area contributed by atoms with Crippen LogP contribution >= 0.6 is 0 Å². The SMILES string of the molecule is CCNC1CC2CCc3cc(F)cc1c32. The molecule has 0 radical (unpaired) electrons. The molecule has 2 aliphatic carbocycles. The zero-order valence-corrected chi connectivity index (χ0v) is 9.02. The molecule has 0 heterocycles. The monoisotopic (exact) mass is 205 g/mol. The molecule has 0 bridgehead atoms. The molecule has 0 aliphatic heterocycles. The van der Waals surface area contributed by atoms with Gasteiger partial charge in [0, 0.05) is 6.04 Å². The summed E-state index contributed by atoms with van der Waals surface area (Å²) in [5.41, 5.74) is 3.95. The van der Waals surface area contributed by atoms with Crippen LogP contribution in [0.2, 0.25) is 0 Å². The molecule has 80 valence electrons. The predicted molar refractivity (Wildman–Crippen MR) is 58.5 cm³/mol. The molecular weight excluding hydrogens is 189 g/mol. The molecule has 1 aromatic carbocycles. The molecule has 2 aliphatic rings. The summed E-state index contributed by atoms with van der Waals surface area (Å²) in [7, 11) is 0. The number of rotatable bonds is 2. The van der Waals surface area contributed by atoms with Crippen LogP contribution in [-0.2, 0) is 6.42 Å². The van der Waals surface area contributed by atoms with Gasteiger partial charge in [0.2, 0.25) is 0 Å². The van der Waals surface area contributed by atoms with Crippen LogP contribution in [0.3, 0.4) is 0 Å². The molecule has 0 saturated heterocycles. The number of halogens is 1. The van der Waals surface area contributed by atoms with E-state index in [1.165, 1.54) is 29.5 Å². The van der Waals surface area contributed by atoms with Gasteiger partial charge in [-0.1, -0.05) is 6.92 Å². The zero-order valence-electron chi connectivity index (χ0n) is 9.02. The van der Waals surface area contributed by atoms with Crippen LogP contribution in [0.4, 0.5) is 4.39 Å². The highest BCUT2D eigenvalue weighted by molar-refractivity contribution is 5.47. The van der Waals surface area contributed by atoms with E-state index in [-0.39, 0.29) is 5.82 Å². The van der Waals surface area contributed by atoms with Crippen LogP contribution in [-0.4, -0.2) is 6.54 Å². The number of hydrogen-bond acceptors (Lipinski definition) is 1. The molecule has 1 N–H and O–H groups in total. The van der Waals surface area contributed by atoms with Crippen LogP contribution in [0.1, 0.15) is 48.4 Å². The van der Waals surface area contributed by atoms with E-state index in [1.807, 2.05) is 0 Å². The molecule has 3 rings (SSSR count). The Bertz CT molecular complexity index is 400. The molecule has 15 heavy (non-hydrogen) atoms. The maximum Gasteiger partial charge on any atom is 0.123 e. The minimum absolute atomic E-state index is 0.0609. The summed E-state index contributed by atoms with van der Waals surface area (Å²) in [6.45, 7) is 3.07. The van der Waals surface area contributed by atoms with Gasteiger partial charge in [0.1, 0.15) is 5.82 Å². The summed E-state index contributed by atoms with van der Waals surface area (Å²) in [5, 5.41) is 3.45. The van der Waals surface area contributed by atoms with Gasteiger partial charge in [-0.15, -0.1) is 0 Å². The highest BCUT2D eigenvalue weighted by atomic mass is 19.1. The minimum Gasteiger partial charge on any atom is -0.310 e. The van der Waals surface area contributed by atoms with E-state index in [0.29, 0.717) is 12.0 Å². The smallest absolute Gasteiger partial charge is 0.123 e. The van der Waals surface area contributed by atoms with Gasteiger partial charge < -0.3 is 5.32 Å². The van der Waals surface area contributed by atoms with Crippen LogP contribution in [0.25, 0.3) is 0 Å². The third-order valence-electron chi connectivity index (χ3n) is 3.78. The molecule has 1 nitrogen and oxygen atoms in total. The second-order valence-electron chi connectivity index (χ2n) is 4.65. The fourth-order valence-electron chi connectivity index (χ4n) is 3.25. The molecule has 0 amide bonds. The first-order chi connectivity index (χ1) is 7.29. The lowest BCUT2D eigenvalue weighted by Gasteiger charge is -2.14. The van der Waals surface area contributed by atoms with Crippen molar-refractivity contribution in [3.05, 3.63) is 34.6 Å². The maximum absolute atomic E-state index is 13.4. The van der Waals surface area contributed by atoms with Gasteiger partial charge in [-0.3, -0.25) is 0 Å². The van der Waals surface area contributed by atoms with Crippen LogP contribution < -0.4 is 5.32 Å². The third kappa shape index (κ3) is 1.31. The van der Waals surface area contributed by atoms with Gasteiger partial charge in [-0.25, -0.2) is 4.39 Å². The molecule has 0 spiro atoms. The highest BCUT2D eigenvalue weighted by Crippen LogP contribution is 2.48. The van der Waals surface area contributed by atoms with Crippen molar-refractivity contribution in [1.82, 2.24) is 5.32 Å². The van der Waals surface area contributed by atoms with Crippen molar-refractivity contribution in [2.24, 2.45) is 0 Å². The summed E-state index contributed by atoms with van der Waals surface area (Å²) in [4.78, 5) is 0. The Morgan fingerprint density at radius 3 is 3.13 bits per heavy atom. The number of hydrogen-bond donors (Lipinski definition) is 1. The van der Waals surface area contributed by atoms with Crippen molar-refractivity contribution in [2.75, 3.05) is 6.54 Å². The van der Waals surface area contributed by atoms with E-state index in [2.05, 4.69) is 12.2 Å². The van der Waals surface area contributed by atoms with Crippen molar-refractivity contribution in [3.63, 3.8) is 0 Å². The van der Waals surface area contributed by atoms with Crippen molar-refractivity contribution in [1.29, 1.82) is 0 Å². The summed E-state index contributed by atoms with van der Waals surface area (Å²) < 4.78 is 13.4. The molecule has 2 heteroatoms. The van der Waals surface area contributed by atoms with Gasteiger partial charge in [0.25, 0.3) is 0 Å². The predicted octanol–water partition coefficient (Wildman–Crippen LogP) is 2.91. The molecule has 0 fully saturated rings. The highest BCUT2D eigenvalue weighted by Gasteiger charge is 2.36. The standard InChI is InChI=1S/C13H16FN/c1-2-15-12-6-9-4-3-8-5-10(14)7-11(12)13(8)9/h5,7,9,12,15H,2-4,6H2,1H3. The topological polar surface area (TPSA) is 12.0 Å². The Morgan fingerprint density at radius 1 is 1.47 bits per heavy atom.